The summed E-state index contributed by atoms with van der Waals surface area (Å²) in [6.07, 6.45) is 0. The number of aromatic amines is 1. The van der Waals surface area contributed by atoms with Crippen molar-refractivity contribution < 1.29 is 9.18 Å². The van der Waals surface area contributed by atoms with Gasteiger partial charge in [0.05, 0.1) is 11.7 Å². The number of benzene rings is 1. The summed E-state index contributed by atoms with van der Waals surface area (Å²) in [4.78, 5) is 15.2. The van der Waals surface area contributed by atoms with Crippen LogP contribution >= 0.6 is 11.3 Å². The van der Waals surface area contributed by atoms with E-state index >= 15 is 0 Å². The smallest absolute Gasteiger partial charge is 0.272 e. The van der Waals surface area contributed by atoms with E-state index in [9.17, 15) is 9.18 Å². The Hall–Kier alpha value is -2.47. The van der Waals surface area contributed by atoms with Crippen LogP contribution in [0.2, 0.25) is 0 Å². The van der Waals surface area contributed by atoms with Crippen molar-refractivity contribution in [3.05, 3.63) is 63.7 Å². The lowest BCUT2D eigenvalue weighted by Gasteiger charge is -2.20. The second-order valence-corrected chi connectivity index (χ2v) is 6.18. The molecule has 0 radical (unpaired) electrons. The average Bonchev–Trinajstić information content (AvgIpc) is 3.21. The van der Waals surface area contributed by atoms with Crippen LogP contribution in [0.3, 0.4) is 0 Å². The fourth-order valence-corrected chi connectivity index (χ4v) is 3.75. The van der Waals surface area contributed by atoms with Gasteiger partial charge in [0.15, 0.2) is 0 Å². The number of amides is 1. The zero-order valence-electron chi connectivity index (χ0n) is 11.7. The summed E-state index contributed by atoms with van der Waals surface area (Å²) in [6.45, 7) is 0. The van der Waals surface area contributed by atoms with Gasteiger partial charge in [0.1, 0.15) is 11.5 Å². The highest BCUT2D eigenvalue weighted by atomic mass is 32.1. The topological polar surface area (TPSA) is 49.0 Å². The van der Waals surface area contributed by atoms with Gasteiger partial charge in [-0.15, -0.1) is 11.3 Å². The van der Waals surface area contributed by atoms with E-state index in [0.717, 1.165) is 16.0 Å². The number of nitrogens with one attached hydrogen (secondary N) is 1. The monoisotopic (exact) mass is 313 g/mol. The molecule has 4 rings (SSSR count). The molecule has 1 aliphatic rings. The quantitative estimate of drug-likeness (QED) is 0.788. The van der Waals surface area contributed by atoms with Crippen molar-refractivity contribution in [1.82, 2.24) is 15.1 Å². The van der Waals surface area contributed by atoms with Gasteiger partial charge < -0.3 is 4.90 Å². The number of halogens is 1. The van der Waals surface area contributed by atoms with Crippen molar-refractivity contribution in [2.75, 3.05) is 7.05 Å². The predicted molar refractivity (Wildman–Crippen MR) is 82.2 cm³/mol. The molecule has 2 aromatic heterocycles. The van der Waals surface area contributed by atoms with Gasteiger partial charge in [0, 0.05) is 23.1 Å². The molecule has 0 unspecified atom stereocenters. The number of H-pyrrole nitrogens is 1. The number of rotatable bonds is 2. The molecule has 1 aromatic carbocycles. The lowest BCUT2D eigenvalue weighted by Crippen LogP contribution is -2.24. The van der Waals surface area contributed by atoms with Crippen LogP contribution in [0.5, 0.6) is 0 Å². The molecule has 0 spiro atoms. The number of carbonyl (C=O) groups is 1. The first-order chi connectivity index (χ1) is 10.7. The second kappa shape index (κ2) is 4.78. The first-order valence-corrected chi connectivity index (χ1v) is 7.69. The van der Waals surface area contributed by atoms with Crippen LogP contribution in [0.1, 0.15) is 27.0 Å². The maximum absolute atomic E-state index is 13.1. The van der Waals surface area contributed by atoms with Crippen LogP contribution in [0.15, 0.2) is 41.8 Å². The lowest BCUT2D eigenvalue weighted by atomic mass is 10.0. The highest BCUT2D eigenvalue weighted by Crippen LogP contribution is 2.43. The molecule has 0 saturated carbocycles. The molecule has 1 N–H and O–H groups in total. The standard InChI is InChI=1S/C16H12FN3OS/c1-20-15(11-3-2-8-22-11)12-13(18-19-14(12)16(20)21)9-4-6-10(17)7-5-9/h2-8,15H,1H3,(H,18,19)/t15-/m0/s1. The van der Waals surface area contributed by atoms with Crippen molar-refractivity contribution in [1.29, 1.82) is 0 Å². The molecule has 6 heteroatoms. The fourth-order valence-electron chi connectivity index (χ4n) is 2.87. The lowest BCUT2D eigenvalue weighted by molar-refractivity contribution is 0.0789. The number of nitrogens with zero attached hydrogens (tertiary/aromatic N) is 2. The molecule has 4 nitrogen and oxygen atoms in total. The van der Waals surface area contributed by atoms with E-state index in [0.29, 0.717) is 11.4 Å². The Morgan fingerprint density at radius 2 is 2.05 bits per heavy atom. The van der Waals surface area contributed by atoms with E-state index in [2.05, 4.69) is 10.2 Å². The van der Waals surface area contributed by atoms with Crippen LogP contribution in [0.4, 0.5) is 4.39 Å². The van der Waals surface area contributed by atoms with E-state index in [1.54, 1.807) is 35.4 Å². The van der Waals surface area contributed by atoms with Crippen molar-refractivity contribution in [2.24, 2.45) is 0 Å². The summed E-state index contributed by atoms with van der Waals surface area (Å²) in [5.74, 6) is -0.367. The van der Waals surface area contributed by atoms with Gasteiger partial charge in [0.25, 0.3) is 5.91 Å². The molecule has 3 aromatic rings. The number of carbonyl (C=O) groups excluding carboxylic acids is 1. The highest BCUT2D eigenvalue weighted by Gasteiger charge is 2.40. The minimum Gasteiger partial charge on any atom is -0.328 e. The van der Waals surface area contributed by atoms with Crippen LogP contribution in [-0.2, 0) is 0 Å². The van der Waals surface area contributed by atoms with Crippen molar-refractivity contribution in [2.45, 2.75) is 6.04 Å². The normalized spacial score (nSPS) is 17.1. The molecular formula is C16H12FN3OS. The summed E-state index contributed by atoms with van der Waals surface area (Å²) in [5.41, 5.74) is 2.87. The molecule has 1 atom stereocenters. The van der Waals surface area contributed by atoms with Gasteiger partial charge in [-0.05, 0) is 35.7 Å². The van der Waals surface area contributed by atoms with E-state index in [1.807, 2.05) is 17.5 Å². The number of hydrogen-bond donors (Lipinski definition) is 1. The Kier molecular flexibility index (Phi) is 2.87. The number of hydrogen-bond acceptors (Lipinski definition) is 3. The van der Waals surface area contributed by atoms with Crippen LogP contribution in [0, 0.1) is 5.82 Å². The molecule has 110 valence electrons. The van der Waals surface area contributed by atoms with Crippen LogP contribution < -0.4 is 0 Å². The van der Waals surface area contributed by atoms with E-state index < -0.39 is 0 Å². The largest absolute Gasteiger partial charge is 0.328 e. The summed E-state index contributed by atoms with van der Waals surface area (Å²) in [7, 11) is 1.79. The third-order valence-corrected chi connectivity index (χ3v) is 4.85. The zero-order chi connectivity index (χ0) is 15.3. The summed E-state index contributed by atoms with van der Waals surface area (Å²) in [5, 5.41) is 9.12. The molecule has 3 heterocycles. The molecule has 1 aliphatic heterocycles. The summed E-state index contributed by atoms with van der Waals surface area (Å²) >= 11 is 1.60. The zero-order valence-corrected chi connectivity index (χ0v) is 12.5. The van der Waals surface area contributed by atoms with Crippen molar-refractivity contribution in [3.63, 3.8) is 0 Å². The molecule has 1 amide bonds. The Labute approximate surface area is 130 Å². The number of fused-ring (bicyclic) bond motifs is 1. The Morgan fingerprint density at radius 1 is 1.27 bits per heavy atom. The first-order valence-electron chi connectivity index (χ1n) is 6.81. The fraction of sp³-hybridized carbons (Fsp3) is 0.125. The van der Waals surface area contributed by atoms with Gasteiger partial charge in [0.2, 0.25) is 0 Å². The van der Waals surface area contributed by atoms with E-state index in [1.165, 1.54) is 12.1 Å². The van der Waals surface area contributed by atoms with E-state index in [4.69, 9.17) is 0 Å². The second-order valence-electron chi connectivity index (χ2n) is 5.20. The van der Waals surface area contributed by atoms with Crippen LogP contribution in [0.25, 0.3) is 11.3 Å². The van der Waals surface area contributed by atoms with Gasteiger partial charge in [-0.3, -0.25) is 9.89 Å². The SMILES string of the molecule is CN1C(=O)c2[nH]nc(-c3ccc(F)cc3)c2[C@@H]1c1cccs1. The molecule has 0 aliphatic carbocycles. The molecule has 0 fully saturated rings. The maximum atomic E-state index is 13.1. The van der Waals surface area contributed by atoms with E-state index in [-0.39, 0.29) is 17.8 Å². The first kappa shape index (κ1) is 13.2. The molecular weight excluding hydrogens is 301 g/mol. The number of thiophene rings is 1. The molecule has 0 bridgehead atoms. The van der Waals surface area contributed by atoms with Crippen molar-refractivity contribution >= 4 is 17.2 Å². The average molecular weight is 313 g/mol. The Balaban J connectivity index is 1.90. The minimum absolute atomic E-state index is 0.0748. The van der Waals surface area contributed by atoms with Crippen molar-refractivity contribution in [3.8, 4) is 11.3 Å². The minimum atomic E-state index is -0.293. The van der Waals surface area contributed by atoms with Gasteiger partial charge in [-0.2, -0.15) is 5.10 Å². The van der Waals surface area contributed by atoms with Gasteiger partial charge >= 0.3 is 0 Å². The molecule has 22 heavy (non-hydrogen) atoms. The third kappa shape index (κ3) is 1.80. The Morgan fingerprint density at radius 3 is 2.73 bits per heavy atom. The number of aromatic nitrogens is 2. The highest BCUT2D eigenvalue weighted by molar-refractivity contribution is 7.10. The predicted octanol–water partition coefficient (Wildman–Crippen LogP) is 3.45. The third-order valence-electron chi connectivity index (χ3n) is 3.93. The van der Waals surface area contributed by atoms with Crippen LogP contribution in [-0.4, -0.2) is 28.1 Å². The van der Waals surface area contributed by atoms with Gasteiger partial charge in [-0.25, -0.2) is 4.39 Å². The summed E-state index contributed by atoms with van der Waals surface area (Å²) in [6, 6.07) is 9.99. The maximum Gasteiger partial charge on any atom is 0.272 e. The molecule has 0 saturated heterocycles. The Bertz CT molecular complexity index is 839. The van der Waals surface area contributed by atoms with Gasteiger partial charge in [-0.1, -0.05) is 6.07 Å². The summed E-state index contributed by atoms with van der Waals surface area (Å²) < 4.78 is 13.1.